The van der Waals surface area contributed by atoms with Gasteiger partial charge in [0.25, 0.3) is 5.56 Å². The van der Waals surface area contributed by atoms with E-state index in [2.05, 4.69) is 23.1 Å². The molecule has 2 aromatic carbocycles. The average molecular weight is 626 g/mol. The molecule has 1 aliphatic heterocycles. The maximum absolute atomic E-state index is 14.3. The lowest BCUT2D eigenvalue weighted by atomic mass is 9.92. The molecule has 0 spiro atoms. The zero-order valence-corrected chi connectivity index (χ0v) is 26.5. The Bertz CT molecular complexity index is 1690. The number of aliphatic hydroxyl groups is 1. The first-order valence-corrected chi connectivity index (χ1v) is 16.6. The van der Waals surface area contributed by atoms with E-state index in [-0.39, 0.29) is 30.6 Å². The van der Waals surface area contributed by atoms with Gasteiger partial charge in [-0.25, -0.2) is 4.52 Å². The van der Waals surface area contributed by atoms with Crippen molar-refractivity contribution >= 4 is 5.78 Å². The van der Waals surface area contributed by atoms with Gasteiger partial charge in [0, 0.05) is 24.4 Å². The van der Waals surface area contributed by atoms with Crippen molar-refractivity contribution in [1.29, 1.82) is 5.26 Å². The van der Waals surface area contributed by atoms with Crippen LogP contribution >= 0.6 is 0 Å². The summed E-state index contributed by atoms with van der Waals surface area (Å²) in [5.74, 6) is 0.590. The first kappa shape index (κ1) is 32.1. The number of hydrogen-bond acceptors (Lipinski definition) is 8. The van der Waals surface area contributed by atoms with Crippen LogP contribution in [0, 0.1) is 11.3 Å². The van der Waals surface area contributed by atoms with Gasteiger partial charge in [-0.1, -0.05) is 55.8 Å². The molecule has 4 aromatic rings. The lowest BCUT2D eigenvalue weighted by Gasteiger charge is -2.31. The van der Waals surface area contributed by atoms with Gasteiger partial charge >= 0.3 is 0 Å². The summed E-state index contributed by atoms with van der Waals surface area (Å²) in [6.07, 6.45) is 8.19. The fourth-order valence-electron chi connectivity index (χ4n) is 6.75. The molecule has 46 heavy (non-hydrogen) atoms. The summed E-state index contributed by atoms with van der Waals surface area (Å²) < 4.78 is 21.0. The van der Waals surface area contributed by atoms with Crippen molar-refractivity contribution in [3.05, 3.63) is 87.6 Å². The van der Waals surface area contributed by atoms with Gasteiger partial charge in [0.1, 0.15) is 6.33 Å². The Balaban J connectivity index is 1.16. The lowest BCUT2D eigenvalue weighted by molar-refractivity contribution is -0.184. The number of aliphatic hydroxyl groups excluding tert-OH is 1. The summed E-state index contributed by atoms with van der Waals surface area (Å²) >= 11 is 0. The van der Waals surface area contributed by atoms with Crippen LogP contribution in [-0.4, -0.2) is 62.6 Å². The van der Waals surface area contributed by atoms with Crippen LogP contribution in [0.5, 0.6) is 0 Å². The summed E-state index contributed by atoms with van der Waals surface area (Å²) in [7, 11) is 0. The van der Waals surface area contributed by atoms with Crippen molar-refractivity contribution in [3.63, 3.8) is 0 Å². The van der Waals surface area contributed by atoms with Crippen molar-refractivity contribution in [1.82, 2.24) is 19.2 Å². The second-order valence-electron chi connectivity index (χ2n) is 12.4. The molecule has 3 heterocycles. The Morgan fingerprint density at radius 2 is 1.85 bits per heavy atom. The predicted molar refractivity (Wildman–Crippen MR) is 173 cm³/mol. The van der Waals surface area contributed by atoms with Gasteiger partial charge in [-0.15, -0.1) is 0 Å². The van der Waals surface area contributed by atoms with Gasteiger partial charge < -0.3 is 19.3 Å². The number of hydrogen-bond donors (Lipinski definition) is 1. The van der Waals surface area contributed by atoms with Crippen molar-refractivity contribution in [2.24, 2.45) is 0 Å². The lowest BCUT2D eigenvalue weighted by Crippen LogP contribution is -2.35. The second kappa shape index (κ2) is 15.1. The zero-order valence-electron chi connectivity index (χ0n) is 26.5. The standard InChI is InChI=1S/C36H43N5O5/c1-2-6-33-32(21-25-9-11-26(12-10-25)31-8-4-3-7-27(31)22-37)35(43)40(36-38-24-39-41(33)36)28-13-16-30(17-14-28)46-23-29(42)15-18-34-44-19-5-20-45-34/h3-4,7-12,24,28-30,34,42H,2,5-6,13-21,23H2,1H3/t28-,29?,30-. The predicted octanol–water partition coefficient (Wildman–Crippen LogP) is 5.38. The molecule has 0 bridgehead atoms. The molecule has 2 aliphatic rings. The van der Waals surface area contributed by atoms with Crippen LogP contribution < -0.4 is 5.56 Å². The summed E-state index contributed by atoms with van der Waals surface area (Å²) in [5.41, 5.74) is 5.18. The average Bonchev–Trinajstić information content (AvgIpc) is 3.58. The fraction of sp³-hybridized carbons (Fsp3) is 0.500. The Hall–Kier alpha value is -3.88. The molecule has 0 radical (unpaired) electrons. The highest BCUT2D eigenvalue weighted by Crippen LogP contribution is 2.31. The number of fused-ring (bicyclic) bond motifs is 1. The number of rotatable bonds is 12. The SMILES string of the molecule is CCCc1c(Cc2ccc(-c3ccccc3C#N)cc2)c(=O)n([C@H]2CC[C@H](OCC(O)CCC3OCCCO3)CC2)c2ncnn12. The Labute approximate surface area is 269 Å². The molecule has 10 nitrogen and oxygen atoms in total. The molecule has 1 N–H and O–H groups in total. The van der Waals surface area contributed by atoms with Crippen LogP contribution in [0.4, 0.5) is 0 Å². The summed E-state index contributed by atoms with van der Waals surface area (Å²) in [4.78, 5) is 18.9. The molecular formula is C36H43N5O5. The van der Waals surface area contributed by atoms with Gasteiger partial charge in [0.2, 0.25) is 5.78 Å². The first-order chi connectivity index (χ1) is 22.6. The summed E-state index contributed by atoms with van der Waals surface area (Å²) in [5, 5.41) is 24.6. The maximum Gasteiger partial charge on any atom is 0.259 e. The van der Waals surface area contributed by atoms with Crippen LogP contribution in [0.1, 0.15) is 86.7 Å². The number of nitriles is 1. The highest BCUT2D eigenvalue weighted by atomic mass is 16.7. The van der Waals surface area contributed by atoms with Gasteiger partial charge in [0.15, 0.2) is 6.29 Å². The van der Waals surface area contributed by atoms with Gasteiger partial charge in [-0.2, -0.15) is 15.3 Å². The van der Waals surface area contributed by atoms with E-state index in [4.69, 9.17) is 14.2 Å². The van der Waals surface area contributed by atoms with Crippen LogP contribution in [0.15, 0.2) is 59.7 Å². The highest BCUT2D eigenvalue weighted by Gasteiger charge is 2.29. The largest absolute Gasteiger partial charge is 0.391 e. The van der Waals surface area contributed by atoms with Crippen molar-refractivity contribution in [2.75, 3.05) is 19.8 Å². The van der Waals surface area contributed by atoms with E-state index in [9.17, 15) is 15.2 Å². The van der Waals surface area contributed by atoms with Crippen molar-refractivity contribution in [2.45, 2.75) is 95.7 Å². The number of aromatic nitrogens is 4. The Kier molecular flexibility index (Phi) is 10.6. The van der Waals surface area contributed by atoms with E-state index < -0.39 is 6.10 Å². The van der Waals surface area contributed by atoms with Gasteiger partial charge in [-0.3, -0.25) is 9.36 Å². The third-order valence-electron chi connectivity index (χ3n) is 9.17. The smallest absolute Gasteiger partial charge is 0.259 e. The van der Waals surface area contributed by atoms with Crippen molar-refractivity contribution < 1.29 is 19.3 Å². The van der Waals surface area contributed by atoms with E-state index in [0.717, 1.165) is 72.9 Å². The number of nitrogens with zero attached hydrogens (tertiary/aromatic N) is 5. The first-order valence-electron chi connectivity index (χ1n) is 16.6. The highest BCUT2D eigenvalue weighted by molar-refractivity contribution is 5.70. The monoisotopic (exact) mass is 625 g/mol. The van der Waals surface area contributed by atoms with E-state index in [1.54, 1.807) is 0 Å². The molecular weight excluding hydrogens is 582 g/mol. The fourth-order valence-corrected chi connectivity index (χ4v) is 6.75. The van der Waals surface area contributed by atoms with Crippen LogP contribution in [0.25, 0.3) is 16.9 Å². The topological polar surface area (TPSA) is 124 Å². The Morgan fingerprint density at radius 1 is 1.09 bits per heavy atom. The van der Waals surface area contributed by atoms with Crippen LogP contribution in [0.2, 0.25) is 0 Å². The van der Waals surface area contributed by atoms with Crippen molar-refractivity contribution in [3.8, 4) is 17.2 Å². The molecule has 2 fully saturated rings. The molecule has 1 saturated carbocycles. The molecule has 1 unspecified atom stereocenters. The van der Waals surface area contributed by atoms with Gasteiger partial charge in [0.05, 0.1) is 49.4 Å². The van der Waals surface area contributed by atoms with Gasteiger partial charge in [-0.05, 0) is 67.7 Å². The molecule has 1 atom stereocenters. The molecule has 242 valence electrons. The quantitative estimate of drug-likeness (QED) is 0.223. The number of ether oxygens (including phenoxy) is 3. The molecule has 0 amide bonds. The third kappa shape index (κ3) is 7.24. The summed E-state index contributed by atoms with van der Waals surface area (Å²) in [6, 6.07) is 18.0. The van der Waals surface area contributed by atoms with Crippen LogP contribution in [0.3, 0.4) is 0 Å². The molecule has 10 heteroatoms. The molecule has 1 aliphatic carbocycles. The number of benzene rings is 2. The van der Waals surface area contributed by atoms with E-state index >= 15 is 0 Å². The zero-order chi connectivity index (χ0) is 31.9. The maximum atomic E-state index is 14.3. The number of aryl methyl sites for hydroxylation is 1. The minimum atomic E-state index is -0.561. The van der Waals surface area contributed by atoms with Crippen LogP contribution in [-0.2, 0) is 27.1 Å². The minimum Gasteiger partial charge on any atom is -0.391 e. The normalized spacial score (nSPS) is 19.7. The summed E-state index contributed by atoms with van der Waals surface area (Å²) in [6.45, 7) is 3.81. The van der Waals surface area contributed by atoms with E-state index in [0.29, 0.717) is 43.8 Å². The molecule has 6 rings (SSSR count). The molecule has 1 saturated heterocycles. The third-order valence-corrected chi connectivity index (χ3v) is 9.17. The molecule has 2 aromatic heterocycles. The Morgan fingerprint density at radius 3 is 2.59 bits per heavy atom. The van der Waals surface area contributed by atoms with E-state index in [1.807, 2.05) is 57.6 Å². The second-order valence-corrected chi connectivity index (χ2v) is 12.4. The minimum absolute atomic E-state index is 0.00482. The van der Waals surface area contributed by atoms with E-state index in [1.165, 1.54) is 6.33 Å².